The summed E-state index contributed by atoms with van der Waals surface area (Å²) in [4.78, 5) is 14.1. The highest BCUT2D eigenvalue weighted by Gasteiger charge is 2.17. The summed E-state index contributed by atoms with van der Waals surface area (Å²) in [6.45, 7) is 4.00. The minimum absolute atomic E-state index is 0.0696. The highest BCUT2D eigenvalue weighted by Crippen LogP contribution is 2.31. The number of amides is 1. The lowest BCUT2D eigenvalue weighted by molar-refractivity contribution is 0.0772. The molecule has 1 aliphatic rings. The minimum Gasteiger partial charge on any atom is -0.492 e. The number of aryl methyl sites for hydroxylation is 1. The van der Waals surface area contributed by atoms with E-state index in [2.05, 4.69) is 0 Å². The maximum absolute atomic E-state index is 12.5. The third kappa shape index (κ3) is 3.79. The topological polar surface area (TPSA) is 48.0 Å². The van der Waals surface area contributed by atoms with Crippen LogP contribution in [-0.4, -0.2) is 44.2 Å². The number of carbonyl (C=O) groups excluding carboxylic acids is 1. The number of likely N-dealkylation sites (N-methyl/N-ethyl adjacent to an activating group) is 1. The minimum atomic E-state index is -0.0696. The van der Waals surface area contributed by atoms with Crippen molar-refractivity contribution in [3.63, 3.8) is 0 Å². The molecule has 1 amide bonds. The molecule has 2 aromatic rings. The van der Waals surface area contributed by atoms with Crippen molar-refractivity contribution in [3.05, 3.63) is 53.6 Å². The SMILES string of the molecule is Cc1cccc(OCCN(C)C(=O)c2ccc3c(c2)OCCO3)c1. The normalized spacial score (nSPS) is 12.6. The third-order valence-corrected chi connectivity index (χ3v) is 3.82. The van der Waals surface area contributed by atoms with E-state index in [-0.39, 0.29) is 5.91 Å². The number of carbonyl (C=O) groups is 1. The molecular weight excluding hydrogens is 306 g/mol. The fraction of sp³-hybridized carbons (Fsp3) is 0.316. The summed E-state index contributed by atoms with van der Waals surface area (Å²) in [5.74, 6) is 2.05. The molecule has 0 radical (unpaired) electrons. The van der Waals surface area contributed by atoms with Gasteiger partial charge in [0.05, 0.1) is 6.54 Å². The van der Waals surface area contributed by atoms with E-state index in [0.717, 1.165) is 11.3 Å². The van der Waals surface area contributed by atoms with Gasteiger partial charge in [-0.2, -0.15) is 0 Å². The van der Waals surface area contributed by atoms with Gasteiger partial charge < -0.3 is 19.1 Å². The number of benzene rings is 2. The van der Waals surface area contributed by atoms with Gasteiger partial charge in [0.1, 0.15) is 25.6 Å². The summed E-state index contributed by atoms with van der Waals surface area (Å²) in [5.41, 5.74) is 1.73. The Bertz CT molecular complexity index is 729. The van der Waals surface area contributed by atoms with Crippen LogP contribution in [0, 0.1) is 6.92 Å². The van der Waals surface area contributed by atoms with E-state index in [1.165, 1.54) is 0 Å². The summed E-state index contributed by atoms with van der Waals surface area (Å²) in [6.07, 6.45) is 0. The van der Waals surface area contributed by atoms with Gasteiger partial charge in [-0.3, -0.25) is 4.79 Å². The van der Waals surface area contributed by atoms with E-state index < -0.39 is 0 Å². The van der Waals surface area contributed by atoms with Crippen LogP contribution in [0.3, 0.4) is 0 Å². The number of hydrogen-bond acceptors (Lipinski definition) is 4. The van der Waals surface area contributed by atoms with Crippen LogP contribution >= 0.6 is 0 Å². The van der Waals surface area contributed by atoms with E-state index in [0.29, 0.717) is 43.4 Å². The van der Waals surface area contributed by atoms with Crippen molar-refractivity contribution < 1.29 is 19.0 Å². The van der Waals surface area contributed by atoms with Crippen LogP contribution in [0.15, 0.2) is 42.5 Å². The van der Waals surface area contributed by atoms with Crippen molar-refractivity contribution in [1.29, 1.82) is 0 Å². The monoisotopic (exact) mass is 327 g/mol. The summed E-state index contributed by atoms with van der Waals surface area (Å²) < 4.78 is 16.7. The second kappa shape index (κ2) is 7.25. The first-order valence-corrected chi connectivity index (χ1v) is 7.98. The first-order valence-electron chi connectivity index (χ1n) is 7.98. The molecule has 1 aliphatic heterocycles. The molecule has 1 heterocycles. The Balaban J connectivity index is 1.56. The molecule has 24 heavy (non-hydrogen) atoms. The van der Waals surface area contributed by atoms with Crippen molar-refractivity contribution in [3.8, 4) is 17.2 Å². The molecule has 0 atom stereocenters. The van der Waals surface area contributed by atoms with Crippen LogP contribution < -0.4 is 14.2 Å². The van der Waals surface area contributed by atoms with Gasteiger partial charge in [0.15, 0.2) is 11.5 Å². The van der Waals surface area contributed by atoms with Crippen molar-refractivity contribution >= 4 is 5.91 Å². The Morgan fingerprint density at radius 3 is 2.71 bits per heavy atom. The molecule has 0 fully saturated rings. The summed E-state index contributed by atoms with van der Waals surface area (Å²) >= 11 is 0. The third-order valence-electron chi connectivity index (χ3n) is 3.82. The van der Waals surface area contributed by atoms with Crippen LogP contribution in [-0.2, 0) is 0 Å². The quantitative estimate of drug-likeness (QED) is 0.847. The maximum Gasteiger partial charge on any atom is 0.253 e. The average molecular weight is 327 g/mol. The fourth-order valence-corrected chi connectivity index (χ4v) is 2.50. The van der Waals surface area contributed by atoms with Crippen molar-refractivity contribution in [1.82, 2.24) is 4.90 Å². The Morgan fingerprint density at radius 2 is 1.92 bits per heavy atom. The van der Waals surface area contributed by atoms with Crippen LogP contribution in [0.25, 0.3) is 0 Å². The smallest absolute Gasteiger partial charge is 0.253 e. The Labute approximate surface area is 141 Å². The first-order chi connectivity index (χ1) is 11.6. The summed E-state index contributed by atoms with van der Waals surface area (Å²) in [6, 6.07) is 13.1. The molecular formula is C19H21NO4. The Morgan fingerprint density at radius 1 is 1.12 bits per heavy atom. The standard InChI is InChI=1S/C19H21NO4/c1-14-4-3-5-16(12-14)22-9-8-20(2)19(21)15-6-7-17-18(13-15)24-11-10-23-17/h3-7,12-13H,8-11H2,1-2H3. The molecule has 0 saturated carbocycles. The summed E-state index contributed by atoms with van der Waals surface area (Å²) in [5, 5.41) is 0. The zero-order chi connectivity index (χ0) is 16.9. The van der Waals surface area contributed by atoms with Gasteiger partial charge in [0.25, 0.3) is 5.91 Å². The van der Waals surface area contributed by atoms with Crippen molar-refractivity contribution in [2.45, 2.75) is 6.92 Å². The van der Waals surface area contributed by atoms with Crippen LogP contribution in [0.2, 0.25) is 0 Å². The molecule has 2 aromatic carbocycles. The fourth-order valence-electron chi connectivity index (χ4n) is 2.50. The predicted octanol–water partition coefficient (Wildman–Crippen LogP) is 2.92. The molecule has 0 aliphatic carbocycles. The maximum atomic E-state index is 12.5. The van der Waals surface area contributed by atoms with Crippen LogP contribution in [0.5, 0.6) is 17.2 Å². The van der Waals surface area contributed by atoms with E-state index in [1.807, 2.05) is 31.2 Å². The number of hydrogen-bond donors (Lipinski definition) is 0. The molecule has 5 nitrogen and oxygen atoms in total. The van der Waals surface area contributed by atoms with Gasteiger partial charge in [-0.1, -0.05) is 12.1 Å². The van der Waals surface area contributed by atoms with E-state index in [1.54, 1.807) is 30.1 Å². The van der Waals surface area contributed by atoms with Gasteiger partial charge >= 0.3 is 0 Å². The second-order valence-corrected chi connectivity index (χ2v) is 5.75. The highest BCUT2D eigenvalue weighted by atomic mass is 16.6. The average Bonchev–Trinajstić information content (AvgIpc) is 2.60. The van der Waals surface area contributed by atoms with Gasteiger partial charge in [-0.15, -0.1) is 0 Å². The second-order valence-electron chi connectivity index (χ2n) is 5.75. The molecule has 0 N–H and O–H groups in total. The lowest BCUT2D eigenvalue weighted by Crippen LogP contribution is -2.31. The molecule has 0 unspecified atom stereocenters. The number of rotatable bonds is 5. The lowest BCUT2D eigenvalue weighted by Gasteiger charge is -2.21. The van der Waals surface area contributed by atoms with E-state index in [4.69, 9.17) is 14.2 Å². The number of ether oxygens (including phenoxy) is 3. The van der Waals surface area contributed by atoms with Gasteiger partial charge in [-0.05, 0) is 42.8 Å². The highest BCUT2D eigenvalue weighted by molar-refractivity contribution is 5.94. The molecule has 0 aromatic heterocycles. The molecule has 0 bridgehead atoms. The first kappa shape index (κ1) is 16.2. The Hall–Kier alpha value is -2.69. The molecule has 5 heteroatoms. The number of nitrogens with zero attached hydrogens (tertiary/aromatic N) is 1. The van der Waals surface area contributed by atoms with Gasteiger partial charge in [0.2, 0.25) is 0 Å². The predicted molar refractivity (Wildman–Crippen MR) is 91.1 cm³/mol. The molecule has 126 valence electrons. The van der Waals surface area contributed by atoms with Crippen LogP contribution in [0.4, 0.5) is 0 Å². The van der Waals surface area contributed by atoms with Crippen molar-refractivity contribution in [2.75, 3.05) is 33.4 Å². The zero-order valence-electron chi connectivity index (χ0n) is 14.0. The van der Waals surface area contributed by atoms with Crippen LogP contribution in [0.1, 0.15) is 15.9 Å². The molecule has 0 spiro atoms. The van der Waals surface area contributed by atoms with Crippen molar-refractivity contribution in [2.24, 2.45) is 0 Å². The molecule has 0 saturated heterocycles. The largest absolute Gasteiger partial charge is 0.492 e. The zero-order valence-corrected chi connectivity index (χ0v) is 14.0. The molecule has 3 rings (SSSR count). The van der Waals surface area contributed by atoms with E-state index in [9.17, 15) is 4.79 Å². The van der Waals surface area contributed by atoms with Gasteiger partial charge in [0, 0.05) is 12.6 Å². The summed E-state index contributed by atoms with van der Waals surface area (Å²) in [7, 11) is 1.76. The Kier molecular flexibility index (Phi) is 4.89. The lowest BCUT2D eigenvalue weighted by atomic mass is 10.1. The number of fused-ring (bicyclic) bond motifs is 1. The van der Waals surface area contributed by atoms with Gasteiger partial charge in [-0.25, -0.2) is 0 Å². The van der Waals surface area contributed by atoms with E-state index >= 15 is 0 Å².